The monoisotopic (exact) mass is 224 g/mol. The van der Waals surface area contributed by atoms with Gasteiger partial charge in [-0.15, -0.1) is 0 Å². The smallest absolute Gasteiger partial charge is 0.144 e. The van der Waals surface area contributed by atoms with Gasteiger partial charge in [0.1, 0.15) is 5.82 Å². The largest absolute Gasteiger partial charge is 0.383 e. The van der Waals surface area contributed by atoms with E-state index >= 15 is 0 Å². The first-order valence-electron chi connectivity index (χ1n) is 5.43. The molecule has 1 heterocycles. The molecule has 0 spiro atoms. The Kier molecular flexibility index (Phi) is 5.77. The van der Waals surface area contributed by atoms with Crippen molar-refractivity contribution in [2.45, 2.75) is 13.5 Å². The van der Waals surface area contributed by atoms with Crippen molar-refractivity contribution in [3.8, 4) is 0 Å². The molecule has 0 aliphatic carbocycles. The summed E-state index contributed by atoms with van der Waals surface area (Å²) in [6, 6.07) is 3.94. The molecule has 1 rings (SSSR count). The third kappa shape index (κ3) is 3.77. The number of nitrogens with two attached hydrogens (primary N) is 1. The molecular formula is C11H20N4O. The van der Waals surface area contributed by atoms with Gasteiger partial charge in [-0.1, -0.05) is 13.0 Å². The van der Waals surface area contributed by atoms with Gasteiger partial charge in [0.25, 0.3) is 0 Å². The zero-order valence-corrected chi connectivity index (χ0v) is 9.94. The molecule has 16 heavy (non-hydrogen) atoms. The molecule has 3 N–H and O–H groups in total. The predicted octanol–water partition coefficient (Wildman–Crippen LogP) is 0.836. The Morgan fingerprint density at radius 2 is 2.38 bits per heavy atom. The molecule has 0 saturated carbocycles. The lowest BCUT2D eigenvalue weighted by Crippen LogP contribution is -2.27. The second kappa shape index (κ2) is 7.16. The zero-order valence-electron chi connectivity index (χ0n) is 9.94. The fourth-order valence-corrected chi connectivity index (χ4v) is 1.51. The van der Waals surface area contributed by atoms with Gasteiger partial charge in [0.05, 0.1) is 6.61 Å². The van der Waals surface area contributed by atoms with Gasteiger partial charge in [-0.05, 0) is 12.6 Å². The van der Waals surface area contributed by atoms with Crippen LogP contribution in [0.3, 0.4) is 0 Å². The third-order valence-electron chi connectivity index (χ3n) is 2.48. The van der Waals surface area contributed by atoms with Gasteiger partial charge < -0.3 is 10.2 Å². The summed E-state index contributed by atoms with van der Waals surface area (Å²) in [6.07, 6.45) is 1.73. The minimum atomic E-state index is 0.735. The highest BCUT2D eigenvalue weighted by Gasteiger charge is 2.07. The number of anilines is 1. The van der Waals surface area contributed by atoms with Crippen molar-refractivity contribution in [3.05, 3.63) is 23.9 Å². The number of nitrogen functional groups attached to an aromatic ring is 1. The second-order valence-corrected chi connectivity index (χ2v) is 3.52. The first-order chi connectivity index (χ1) is 7.81. The SMILES string of the molecule is CCN(CCOC)Cc1cccnc1NN. The van der Waals surface area contributed by atoms with Crippen LogP contribution in [0.25, 0.3) is 0 Å². The van der Waals surface area contributed by atoms with Crippen LogP contribution in [0.4, 0.5) is 5.82 Å². The minimum absolute atomic E-state index is 0.735. The number of rotatable bonds is 7. The summed E-state index contributed by atoms with van der Waals surface area (Å²) in [5.41, 5.74) is 3.71. The Balaban J connectivity index is 2.62. The quantitative estimate of drug-likeness (QED) is 0.530. The molecular weight excluding hydrogens is 204 g/mol. The maximum Gasteiger partial charge on any atom is 0.144 e. The molecule has 0 aliphatic rings. The zero-order chi connectivity index (χ0) is 11.8. The normalized spacial score (nSPS) is 10.8. The topological polar surface area (TPSA) is 63.4 Å². The first-order valence-corrected chi connectivity index (χ1v) is 5.43. The Hall–Kier alpha value is -1.17. The highest BCUT2D eigenvalue weighted by atomic mass is 16.5. The van der Waals surface area contributed by atoms with E-state index in [9.17, 15) is 0 Å². The molecule has 0 amide bonds. The Labute approximate surface area is 96.6 Å². The van der Waals surface area contributed by atoms with Crippen molar-refractivity contribution in [2.75, 3.05) is 32.2 Å². The number of hydrogen-bond acceptors (Lipinski definition) is 5. The van der Waals surface area contributed by atoms with E-state index in [-0.39, 0.29) is 0 Å². The lowest BCUT2D eigenvalue weighted by atomic mass is 10.2. The molecule has 0 aliphatic heterocycles. The van der Waals surface area contributed by atoms with Gasteiger partial charge in [0, 0.05) is 32.0 Å². The summed E-state index contributed by atoms with van der Waals surface area (Å²) >= 11 is 0. The van der Waals surface area contributed by atoms with Gasteiger partial charge in [0.2, 0.25) is 0 Å². The van der Waals surface area contributed by atoms with Crippen LogP contribution in [0.5, 0.6) is 0 Å². The Morgan fingerprint density at radius 1 is 1.56 bits per heavy atom. The van der Waals surface area contributed by atoms with Crippen molar-refractivity contribution in [1.82, 2.24) is 9.88 Å². The van der Waals surface area contributed by atoms with E-state index in [4.69, 9.17) is 10.6 Å². The molecule has 0 aromatic carbocycles. The van der Waals surface area contributed by atoms with Crippen molar-refractivity contribution in [3.63, 3.8) is 0 Å². The maximum atomic E-state index is 5.41. The van der Waals surface area contributed by atoms with Crippen LogP contribution in [0, 0.1) is 0 Å². The van der Waals surface area contributed by atoms with Crippen LogP contribution in [-0.2, 0) is 11.3 Å². The summed E-state index contributed by atoms with van der Waals surface area (Å²) in [7, 11) is 1.71. The van der Waals surface area contributed by atoms with Crippen LogP contribution in [0.15, 0.2) is 18.3 Å². The summed E-state index contributed by atoms with van der Waals surface area (Å²) in [5.74, 6) is 6.15. The summed E-state index contributed by atoms with van der Waals surface area (Å²) < 4.78 is 5.07. The molecule has 90 valence electrons. The molecule has 0 radical (unpaired) electrons. The molecule has 0 atom stereocenters. The summed E-state index contributed by atoms with van der Waals surface area (Å²) in [4.78, 5) is 6.45. The number of nitrogens with one attached hydrogen (secondary N) is 1. The molecule has 5 nitrogen and oxygen atoms in total. The summed E-state index contributed by atoms with van der Waals surface area (Å²) in [6.45, 7) is 5.57. The van der Waals surface area contributed by atoms with E-state index in [1.807, 2.05) is 12.1 Å². The van der Waals surface area contributed by atoms with E-state index in [0.29, 0.717) is 0 Å². The van der Waals surface area contributed by atoms with E-state index in [0.717, 1.165) is 37.6 Å². The average Bonchev–Trinajstić information content (AvgIpc) is 2.34. The minimum Gasteiger partial charge on any atom is -0.383 e. The molecule has 0 saturated heterocycles. The highest BCUT2D eigenvalue weighted by Crippen LogP contribution is 2.12. The number of nitrogens with zero attached hydrogens (tertiary/aromatic N) is 2. The van der Waals surface area contributed by atoms with Gasteiger partial charge in [-0.25, -0.2) is 10.8 Å². The van der Waals surface area contributed by atoms with Crippen LogP contribution >= 0.6 is 0 Å². The van der Waals surface area contributed by atoms with Gasteiger partial charge in [0.15, 0.2) is 0 Å². The number of hydrazine groups is 1. The standard InChI is InChI=1S/C11H20N4O/c1-3-15(7-8-16-2)9-10-5-4-6-13-11(10)14-12/h4-6H,3,7-9,12H2,1-2H3,(H,13,14). The van der Waals surface area contributed by atoms with E-state index in [1.165, 1.54) is 0 Å². The third-order valence-corrected chi connectivity index (χ3v) is 2.48. The first kappa shape index (κ1) is 12.9. The van der Waals surface area contributed by atoms with Gasteiger partial charge in [-0.2, -0.15) is 0 Å². The van der Waals surface area contributed by atoms with Crippen LogP contribution in [0.2, 0.25) is 0 Å². The van der Waals surface area contributed by atoms with Crippen molar-refractivity contribution in [2.24, 2.45) is 5.84 Å². The molecule has 5 heteroatoms. The number of hydrogen-bond donors (Lipinski definition) is 2. The van der Waals surface area contributed by atoms with Crippen molar-refractivity contribution < 1.29 is 4.74 Å². The Morgan fingerprint density at radius 3 is 3.00 bits per heavy atom. The predicted molar refractivity (Wildman–Crippen MR) is 64.9 cm³/mol. The lowest BCUT2D eigenvalue weighted by molar-refractivity contribution is 0.147. The van der Waals surface area contributed by atoms with Crippen LogP contribution in [0.1, 0.15) is 12.5 Å². The van der Waals surface area contributed by atoms with Crippen molar-refractivity contribution in [1.29, 1.82) is 0 Å². The fourth-order valence-electron chi connectivity index (χ4n) is 1.51. The molecule has 1 aromatic rings. The number of pyridine rings is 1. The summed E-state index contributed by atoms with van der Waals surface area (Å²) in [5, 5.41) is 0. The van der Waals surface area contributed by atoms with E-state index in [1.54, 1.807) is 13.3 Å². The average molecular weight is 224 g/mol. The Bertz CT molecular complexity index is 306. The number of aromatic nitrogens is 1. The fraction of sp³-hybridized carbons (Fsp3) is 0.545. The number of likely N-dealkylation sites (N-methyl/N-ethyl adjacent to an activating group) is 1. The molecule has 0 fully saturated rings. The van der Waals surface area contributed by atoms with E-state index < -0.39 is 0 Å². The second-order valence-electron chi connectivity index (χ2n) is 3.52. The van der Waals surface area contributed by atoms with E-state index in [2.05, 4.69) is 22.2 Å². The molecule has 0 unspecified atom stereocenters. The highest BCUT2D eigenvalue weighted by molar-refractivity contribution is 5.42. The van der Waals surface area contributed by atoms with Gasteiger partial charge in [-0.3, -0.25) is 4.90 Å². The maximum absolute atomic E-state index is 5.41. The van der Waals surface area contributed by atoms with Gasteiger partial charge >= 0.3 is 0 Å². The lowest BCUT2D eigenvalue weighted by Gasteiger charge is -2.20. The molecule has 0 bridgehead atoms. The van der Waals surface area contributed by atoms with Crippen LogP contribution in [-0.4, -0.2) is 36.7 Å². The molecule has 1 aromatic heterocycles. The van der Waals surface area contributed by atoms with Crippen LogP contribution < -0.4 is 11.3 Å². The number of ether oxygens (including phenoxy) is 1. The van der Waals surface area contributed by atoms with Crippen molar-refractivity contribution >= 4 is 5.82 Å². The number of methoxy groups -OCH3 is 1.